The number of carbonyl (C=O) groups excluding carboxylic acids is 2. The van der Waals surface area contributed by atoms with Crippen LogP contribution in [0.2, 0.25) is 0 Å². The maximum Gasteiger partial charge on any atom is 0.310 e. The molecule has 0 aromatic carbocycles. The molecule has 2 unspecified atom stereocenters. The first-order valence-corrected chi connectivity index (χ1v) is 8.87. The van der Waals surface area contributed by atoms with Crippen LogP contribution in [0.4, 0.5) is 0 Å². The number of likely N-dealkylation sites (tertiary alicyclic amines) is 1. The van der Waals surface area contributed by atoms with E-state index in [2.05, 4.69) is 9.46 Å². The number of rotatable bonds is 6. The SMILES string of the molecule is COC(=O)C1CCN(C(=O)C(CC(C)C)NS(C)(=O)=O)C1. The molecule has 21 heavy (non-hydrogen) atoms. The van der Waals surface area contributed by atoms with Gasteiger partial charge >= 0.3 is 5.97 Å². The monoisotopic (exact) mass is 320 g/mol. The summed E-state index contributed by atoms with van der Waals surface area (Å²) in [6.07, 6.45) is 2.01. The summed E-state index contributed by atoms with van der Waals surface area (Å²) in [5, 5.41) is 0. The standard InChI is InChI=1S/C13H24N2O5S/c1-9(2)7-11(14-21(4,18)19)12(16)15-6-5-10(8-15)13(17)20-3/h9-11,14H,5-8H2,1-4H3. The van der Waals surface area contributed by atoms with Crippen LogP contribution in [0.3, 0.4) is 0 Å². The summed E-state index contributed by atoms with van der Waals surface area (Å²) in [7, 11) is -2.15. The van der Waals surface area contributed by atoms with Crippen LogP contribution in [-0.4, -0.2) is 57.7 Å². The number of nitrogens with one attached hydrogen (secondary N) is 1. The fourth-order valence-electron chi connectivity index (χ4n) is 2.47. The van der Waals surface area contributed by atoms with E-state index in [4.69, 9.17) is 0 Å². The number of nitrogens with zero attached hydrogens (tertiary/aromatic N) is 1. The lowest BCUT2D eigenvalue weighted by Crippen LogP contribution is -2.48. The Hall–Kier alpha value is -1.15. The Morgan fingerprint density at radius 3 is 2.48 bits per heavy atom. The van der Waals surface area contributed by atoms with Crippen LogP contribution in [0.5, 0.6) is 0 Å². The molecule has 1 aliphatic heterocycles. The minimum Gasteiger partial charge on any atom is -0.469 e. The van der Waals surface area contributed by atoms with Crippen molar-refractivity contribution in [2.24, 2.45) is 11.8 Å². The zero-order chi connectivity index (χ0) is 16.2. The Labute approximate surface area is 126 Å². The highest BCUT2D eigenvalue weighted by Gasteiger charge is 2.35. The Morgan fingerprint density at radius 2 is 2.00 bits per heavy atom. The van der Waals surface area contributed by atoms with Crippen molar-refractivity contribution in [2.45, 2.75) is 32.7 Å². The second-order valence-corrected chi connectivity index (χ2v) is 7.65. The first-order valence-electron chi connectivity index (χ1n) is 6.98. The van der Waals surface area contributed by atoms with Crippen molar-refractivity contribution < 1.29 is 22.7 Å². The molecule has 1 rings (SSSR count). The van der Waals surface area contributed by atoms with E-state index in [1.54, 1.807) is 0 Å². The lowest BCUT2D eigenvalue weighted by Gasteiger charge is -2.24. The van der Waals surface area contributed by atoms with E-state index in [0.717, 1.165) is 6.26 Å². The Kier molecular flexibility index (Phi) is 6.15. The molecule has 0 aromatic rings. The van der Waals surface area contributed by atoms with Crippen LogP contribution in [0, 0.1) is 11.8 Å². The van der Waals surface area contributed by atoms with E-state index in [9.17, 15) is 18.0 Å². The molecular weight excluding hydrogens is 296 g/mol. The average Bonchev–Trinajstić information content (AvgIpc) is 2.83. The zero-order valence-electron chi connectivity index (χ0n) is 13.0. The Balaban J connectivity index is 2.75. The van der Waals surface area contributed by atoms with Crippen LogP contribution in [0.15, 0.2) is 0 Å². The van der Waals surface area contributed by atoms with Gasteiger partial charge in [-0.05, 0) is 18.8 Å². The first kappa shape index (κ1) is 17.9. The van der Waals surface area contributed by atoms with Crippen LogP contribution >= 0.6 is 0 Å². The summed E-state index contributed by atoms with van der Waals surface area (Å²) in [4.78, 5) is 25.5. The van der Waals surface area contributed by atoms with Gasteiger partial charge in [0.25, 0.3) is 0 Å². The lowest BCUT2D eigenvalue weighted by atomic mass is 10.0. The summed E-state index contributed by atoms with van der Waals surface area (Å²) in [6.45, 7) is 4.57. The number of ether oxygens (including phenoxy) is 1. The molecule has 0 aromatic heterocycles. The van der Waals surface area contributed by atoms with E-state index >= 15 is 0 Å². The molecule has 122 valence electrons. The van der Waals surface area contributed by atoms with Gasteiger partial charge in [-0.2, -0.15) is 0 Å². The highest BCUT2D eigenvalue weighted by atomic mass is 32.2. The van der Waals surface area contributed by atoms with Crippen LogP contribution in [0.1, 0.15) is 26.7 Å². The lowest BCUT2D eigenvalue weighted by molar-refractivity contribution is -0.145. The van der Waals surface area contributed by atoms with Gasteiger partial charge < -0.3 is 9.64 Å². The smallest absolute Gasteiger partial charge is 0.310 e. The number of amides is 1. The number of hydrogen-bond donors (Lipinski definition) is 1. The van der Waals surface area contributed by atoms with Crippen LogP contribution in [-0.2, 0) is 24.3 Å². The van der Waals surface area contributed by atoms with Gasteiger partial charge in [-0.15, -0.1) is 0 Å². The summed E-state index contributed by atoms with van der Waals surface area (Å²) in [5.74, 6) is -0.758. The maximum atomic E-state index is 12.5. The fourth-order valence-corrected chi connectivity index (χ4v) is 3.18. The summed E-state index contributed by atoms with van der Waals surface area (Å²) in [6, 6.07) is -0.781. The average molecular weight is 320 g/mol. The number of methoxy groups -OCH3 is 1. The van der Waals surface area contributed by atoms with Gasteiger partial charge in [0.2, 0.25) is 15.9 Å². The van der Waals surface area contributed by atoms with Gasteiger partial charge in [-0.1, -0.05) is 13.8 Å². The Bertz CT molecular complexity index is 489. The van der Waals surface area contributed by atoms with Crippen molar-refractivity contribution in [3.05, 3.63) is 0 Å². The fraction of sp³-hybridized carbons (Fsp3) is 0.846. The number of esters is 1. The van der Waals surface area contributed by atoms with Crippen LogP contribution in [0.25, 0.3) is 0 Å². The molecule has 8 heteroatoms. The summed E-state index contributed by atoms with van der Waals surface area (Å²) < 4.78 is 29.9. The molecular formula is C13H24N2O5S. The molecule has 1 heterocycles. The quantitative estimate of drug-likeness (QED) is 0.694. The predicted molar refractivity (Wildman–Crippen MR) is 77.9 cm³/mol. The second kappa shape index (κ2) is 7.22. The molecule has 0 bridgehead atoms. The Morgan fingerprint density at radius 1 is 1.38 bits per heavy atom. The number of hydrogen-bond acceptors (Lipinski definition) is 5. The van der Waals surface area contributed by atoms with Crippen molar-refractivity contribution in [1.29, 1.82) is 0 Å². The van der Waals surface area contributed by atoms with Crippen molar-refractivity contribution >= 4 is 21.9 Å². The van der Waals surface area contributed by atoms with E-state index in [0.29, 0.717) is 19.4 Å². The van der Waals surface area contributed by atoms with Crippen molar-refractivity contribution in [3.8, 4) is 0 Å². The maximum absolute atomic E-state index is 12.5. The molecule has 1 fully saturated rings. The van der Waals surface area contributed by atoms with Gasteiger partial charge in [0.05, 0.1) is 19.3 Å². The van der Waals surface area contributed by atoms with Crippen molar-refractivity contribution in [1.82, 2.24) is 9.62 Å². The van der Waals surface area contributed by atoms with E-state index in [-0.39, 0.29) is 30.3 Å². The van der Waals surface area contributed by atoms with Gasteiger partial charge in [0.15, 0.2) is 0 Å². The summed E-state index contributed by atoms with van der Waals surface area (Å²) >= 11 is 0. The summed E-state index contributed by atoms with van der Waals surface area (Å²) in [5.41, 5.74) is 0. The highest BCUT2D eigenvalue weighted by molar-refractivity contribution is 7.88. The molecule has 0 spiro atoms. The third kappa shape index (κ3) is 5.62. The van der Waals surface area contributed by atoms with Crippen molar-refractivity contribution in [3.63, 3.8) is 0 Å². The van der Waals surface area contributed by atoms with E-state index in [1.807, 2.05) is 13.8 Å². The second-order valence-electron chi connectivity index (χ2n) is 5.87. The van der Waals surface area contributed by atoms with Gasteiger partial charge in [-0.3, -0.25) is 9.59 Å². The van der Waals surface area contributed by atoms with E-state index in [1.165, 1.54) is 12.0 Å². The molecule has 1 aliphatic rings. The minimum absolute atomic E-state index is 0.173. The van der Waals surface area contributed by atoms with Gasteiger partial charge in [0, 0.05) is 13.1 Å². The normalized spacial score (nSPS) is 20.6. The molecule has 0 aliphatic carbocycles. The molecule has 0 radical (unpaired) electrons. The topological polar surface area (TPSA) is 92.8 Å². The third-order valence-electron chi connectivity index (χ3n) is 3.40. The molecule has 7 nitrogen and oxygen atoms in total. The molecule has 1 saturated heterocycles. The first-order chi connectivity index (χ1) is 9.64. The largest absolute Gasteiger partial charge is 0.469 e. The molecule has 0 saturated carbocycles. The van der Waals surface area contributed by atoms with Crippen molar-refractivity contribution in [2.75, 3.05) is 26.5 Å². The van der Waals surface area contributed by atoms with Gasteiger partial charge in [0.1, 0.15) is 6.04 Å². The van der Waals surface area contributed by atoms with Crippen LogP contribution < -0.4 is 4.72 Å². The molecule has 1 amide bonds. The molecule has 2 atom stereocenters. The molecule has 1 N–H and O–H groups in total. The van der Waals surface area contributed by atoms with E-state index < -0.39 is 16.1 Å². The number of carbonyl (C=O) groups is 2. The number of sulfonamides is 1. The third-order valence-corrected chi connectivity index (χ3v) is 4.11. The zero-order valence-corrected chi connectivity index (χ0v) is 13.8. The highest BCUT2D eigenvalue weighted by Crippen LogP contribution is 2.20. The minimum atomic E-state index is -3.47. The van der Waals surface area contributed by atoms with Gasteiger partial charge in [-0.25, -0.2) is 13.1 Å². The predicted octanol–water partition coefficient (Wildman–Crippen LogP) is -0.0282.